The van der Waals surface area contributed by atoms with Crippen molar-refractivity contribution in [2.24, 2.45) is 5.92 Å². The van der Waals surface area contributed by atoms with Crippen LogP contribution in [0.4, 0.5) is 5.95 Å². The van der Waals surface area contributed by atoms with Crippen molar-refractivity contribution in [1.82, 2.24) is 24.8 Å². The monoisotopic (exact) mass is 446 g/mol. The maximum Gasteiger partial charge on any atom is 0.277 e. The highest BCUT2D eigenvalue weighted by Crippen LogP contribution is 2.23. The fourth-order valence-electron chi connectivity index (χ4n) is 4.18. The number of carbonyl (C=O) groups is 1. The van der Waals surface area contributed by atoms with Crippen molar-refractivity contribution >= 4 is 34.2 Å². The van der Waals surface area contributed by atoms with Crippen molar-refractivity contribution in [3.05, 3.63) is 70.4 Å². The fourth-order valence-corrected chi connectivity index (χ4v) is 5.07. The number of fused-ring (bicyclic) bond motifs is 1. The van der Waals surface area contributed by atoms with Crippen LogP contribution in [0.25, 0.3) is 11.0 Å². The van der Waals surface area contributed by atoms with E-state index in [-0.39, 0.29) is 5.91 Å². The Morgan fingerprint density at radius 2 is 1.97 bits per heavy atom. The molecular formula is C24H26N6OS. The standard InChI is InChI=1S/C24H26N6OS/c31-23(20-16-32-22(27-20)15-17-8-12-25-13-9-17)29-24-28-19-6-1-2-7-21(19)30(24)14-10-18-5-3-4-11-26-18/h1-7,11,16-17,25H,8-10,12-15H2,(H,28,29,31). The molecule has 0 saturated carbocycles. The molecule has 0 atom stereocenters. The highest BCUT2D eigenvalue weighted by atomic mass is 32.1. The number of aromatic nitrogens is 4. The summed E-state index contributed by atoms with van der Waals surface area (Å²) in [5.74, 6) is 0.973. The Morgan fingerprint density at radius 1 is 1.12 bits per heavy atom. The van der Waals surface area contributed by atoms with Crippen molar-refractivity contribution in [3.63, 3.8) is 0 Å². The van der Waals surface area contributed by atoms with Gasteiger partial charge in [-0.05, 0) is 56.1 Å². The number of piperidine rings is 1. The summed E-state index contributed by atoms with van der Waals surface area (Å²) in [6.07, 6.45) is 5.83. The van der Waals surface area contributed by atoms with Crippen molar-refractivity contribution in [2.45, 2.75) is 32.2 Å². The van der Waals surface area contributed by atoms with Gasteiger partial charge in [0.1, 0.15) is 5.69 Å². The van der Waals surface area contributed by atoms with Gasteiger partial charge in [-0.1, -0.05) is 18.2 Å². The van der Waals surface area contributed by atoms with Crippen LogP contribution in [0.15, 0.2) is 54.0 Å². The Kier molecular flexibility index (Phi) is 6.22. The number of imidazole rings is 1. The average molecular weight is 447 g/mol. The van der Waals surface area contributed by atoms with Gasteiger partial charge >= 0.3 is 0 Å². The van der Waals surface area contributed by atoms with Crippen LogP contribution in [0.3, 0.4) is 0 Å². The lowest BCUT2D eigenvalue weighted by Crippen LogP contribution is -2.28. The molecule has 32 heavy (non-hydrogen) atoms. The Bertz CT molecular complexity index is 1200. The number of carbonyl (C=O) groups excluding carboxylic acids is 1. The Balaban J connectivity index is 1.32. The van der Waals surface area contributed by atoms with Crippen molar-refractivity contribution in [1.29, 1.82) is 0 Å². The van der Waals surface area contributed by atoms with Gasteiger partial charge in [0.05, 0.1) is 16.0 Å². The molecule has 164 valence electrons. The number of benzene rings is 1. The molecule has 1 fully saturated rings. The van der Waals surface area contributed by atoms with Crippen LogP contribution in [-0.2, 0) is 19.4 Å². The smallest absolute Gasteiger partial charge is 0.277 e. The summed E-state index contributed by atoms with van der Waals surface area (Å²) >= 11 is 1.57. The summed E-state index contributed by atoms with van der Waals surface area (Å²) in [4.78, 5) is 26.7. The van der Waals surface area contributed by atoms with Crippen LogP contribution in [0, 0.1) is 5.92 Å². The van der Waals surface area contributed by atoms with E-state index in [0.717, 1.165) is 47.7 Å². The summed E-state index contributed by atoms with van der Waals surface area (Å²) in [6.45, 7) is 2.81. The molecule has 1 aromatic carbocycles. The van der Waals surface area contributed by atoms with Gasteiger partial charge in [0.25, 0.3) is 5.91 Å². The molecule has 0 radical (unpaired) electrons. The Hall–Kier alpha value is -3.10. The van der Waals surface area contributed by atoms with Crippen LogP contribution < -0.4 is 10.6 Å². The third-order valence-electron chi connectivity index (χ3n) is 5.90. The van der Waals surface area contributed by atoms with E-state index in [0.29, 0.717) is 24.1 Å². The zero-order valence-electron chi connectivity index (χ0n) is 17.8. The van der Waals surface area contributed by atoms with E-state index < -0.39 is 0 Å². The lowest BCUT2D eigenvalue weighted by molar-refractivity contribution is 0.102. The van der Waals surface area contributed by atoms with E-state index in [9.17, 15) is 4.79 Å². The SMILES string of the molecule is O=C(Nc1nc2ccccc2n1CCc1ccccn1)c1csc(CC2CCNCC2)n1. The molecule has 0 spiro atoms. The quantitative estimate of drug-likeness (QED) is 0.449. The number of rotatable bonds is 7. The van der Waals surface area contributed by atoms with Gasteiger partial charge in [-0.3, -0.25) is 15.1 Å². The predicted molar refractivity (Wildman–Crippen MR) is 127 cm³/mol. The predicted octanol–water partition coefficient (Wildman–Crippen LogP) is 3.92. The molecule has 1 aliphatic heterocycles. The van der Waals surface area contributed by atoms with Gasteiger partial charge in [-0.25, -0.2) is 9.97 Å². The molecule has 5 rings (SSSR count). The van der Waals surface area contributed by atoms with E-state index in [1.165, 1.54) is 12.8 Å². The number of nitrogens with one attached hydrogen (secondary N) is 2. The highest BCUT2D eigenvalue weighted by molar-refractivity contribution is 7.09. The second-order valence-corrected chi connectivity index (χ2v) is 9.07. The number of anilines is 1. The summed E-state index contributed by atoms with van der Waals surface area (Å²) in [7, 11) is 0. The number of hydrogen-bond donors (Lipinski definition) is 2. The van der Waals surface area contributed by atoms with E-state index >= 15 is 0 Å². The molecule has 1 aliphatic rings. The first-order valence-electron chi connectivity index (χ1n) is 11.1. The zero-order valence-corrected chi connectivity index (χ0v) is 18.6. The maximum absolute atomic E-state index is 13.0. The normalized spacial score (nSPS) is 14.6. The fraction of sp³-hybridized carbons (Fsp3) is 0.333. The minimum Gasteiger partial charge on any atom is -0.317 e. The van der Waals surface area contributed by atoms with Gasteiger partial charge in [-0.15, -0.1) is 11.3 Å². The van der Waals surface area contributed by atoms with E-state index in [2.05, 4.69) is 25.6 Å². The minimum atomic E-state index is -0.216. The van der Waals surface area contributed by atoms with E-state index in [1.54, 1.807) is 17.5 Å². The molecular weight excluding hydrogens is 420 g/mol. The number of nitrogens with zero attached hydrogens (tertiary/aromatic N) is 4. The third-order valence-corrected chi connectivity index (χ3v) is 6.78. The average Bonchev–Trinajstić information content (AvgIpc) is 3.43. The number of amides is 1. The topological polar surface area (TPSA) is 84.7 Å². The van der Waals surface area contributed by atoms with Crippen LogP contribution in [0.2, 0.25) is 0 Å². The van der Waals surface area contributed by atoms with Crippen molar-refractivity contribution < 1.29 is 4.79 Å². The lowest BCUT2D eigenvalue weighted by atomic mass is 9.95. The second-order valence-electron chi connectivity index (χ2n) is 8.12. The van der Waals surface area contributed by atoms with Gasteiger partial charge < -0.3 is 9.88 Å². The molecule has 3 aromatic heterocycles. The summed E-state index contributed by atoms with van der Waals surface area (Å²) < 4.78 is 2.05. The first kappa shape index (κ1) is 20.8. The zero-order chi connectivity index (χ0) is 21.8. The van der Waals surface area contributed by atoms with Crippen molar-refractivity contribution in [3.8, 4) is 0 Å². The van der Waals surface area contributed by atoms with Crippen LogP contribution in [0.5, 0.6) is 0 Å². The molecule has 0 unspecified atom stereocenters. The first-order chi connectivity index (χ1) is 15.8. The third kappa shape index (κ3) is 4.71. The van der Waals surface area contributed by atoms with Gasteiger partial charge in [0.15, 0.2) is 0 Å². The van der Waals surface area contributed by atoms with Crippen LogP contribution in [-0.4, -0.2) is 38.5 Å². The largest absolute Gasteiger partial charge is 0.317 e. The Morgan fingerprint density at radius 3 is 2.81 bits per heavy atom. The molecule has 2 N–H and O–H groups in total. The van der Waals surface area contributed by atoms with Gasteiger partial charge in [0, 0.05) is 36.7 Å². The molecule has 4 aromatic rings. The summed E-state index contributed by atoms with van der Waals surface area (Å²) in [5.41, 5.74) is 3.31. The minimum absolute atomic E-state index is 0.216. The van der Waals surface area contributed by atoms with Crippen LogP contribution in [0.1, 0.15) is 34.0 Å². The summed E-state index contributed by atoms with van der Waals surface area (Å²) in [6, 6.07) is 13.8. The Labute approximate surface area is 190 Å². The van der Waals surface area contributed by atoms with Gasteiger partial charge in [0.2, 0.25) is 5.95 Å². The lowest BCUT2D eigenvalue weighted by Gasteiger charge is -2.21. The van der Waals surface area contributed by atoms with Crippen molar-refractivity contribution in [2.75, 3.05) is 18.4 Å². The molecule has 0 bridgehead atoms. The second kappa shape index (κ2) is 9.58. The molecule has 1 amide bonds. The molecule has 1 saturated heterocycles. The van der Waals surface area contributed by atoms with Gasteiger partial charge in [-0.2, -0.15) is 0 Å². The molecule has 8 heteroatoms. The molecule has 4 heterocycles. The number of hydrogen-bond acceptors (Lipinski definition) is 6. The number of para-hydroxylation sites is 2. The van der Waals surface area contributed by atoms with E-state index in [1.807, 2.05) is 52.4 Å². The molecule has 0 aliphatic carbocycles. The maximum atomic E-state index is 13.0. The van der Waals surface area contributed by atoms with Crippen LogP contribution >= 0.6 is 11.3 Å². The number of pyridine rings is 1. The first-order valence-corrected chi connectivity index (χ1v) is 12.0. The summed E-state index contributed by atoms with van der Waals surface area (Å²) in [5, 5.41) is 9.28. The molecule has 7 nitrogen and oxygen atoms in total. The number of thiazole rings is 1. The highest BCUT2D eigenvalue weighted by Gasteiger charge is 2.19. The number of aryl methyl sites for hydroxylation is 2. The van der Waals surface area contributed by atoms with E-state index in [4.69, 9.17) is 0 Å².